The zero-order chi connectivity index (χ0) is 15.4. The average molecular weight is 291 g/mol. The number of oxime groups is 1. The van der Waals surface area contributed by atoms with Gasteiger partial charge >= 0.3 is 0 Å². The predicted molar refractivity (Wildman–Crippen MR) is 79.1 cm³/mol. The van der Waals surface area contributed by atoms with Crippen LogP contribution in [0.1, 0.15) is 19.4 Å². The van der Waals surface area contributed by atoms with E-state index < -0.39 is 5.92 Å². The average Bonchev–Trinajstić information content (AvgIpc) is 2.68. The molecule has 3 N–H and O–H groups in total. The number of hydrogen-bond acceptors (Lipinski definition) is 4. The second-order valence-electron chi connectivity index (χ2n) is 5.46. The zero-order valence-corrected chi connectivity index (χ0v) is 12.3. The van der Waals surface area contributed by atoms with Crippen molar-refractivity contribution < 1.29 is 14.7 Å². The maximum Gasteiger partial charge on any atom is 0.234 e. The smallest absolute Gasteiger partial charge is 0.234 e. The van der Waals surface area contributed by atoms with Gasteiger partial charge < -0.3 is 20.6 Å². The van der Waals surface area contributed by atoms with Gasteiger partial charge in [0, 0.05) is 12.1 Å². The molecule has 1 aliphatic rings. The number of benzene rings is 1. The summed E-state index contributed by atoms with van der Waals surface area (Å²) in [4.78, 5) is 14.4. The SMILES string of the molecule is CC(C)C(C(=O)N1CCOc2ccccc2C1)C(N)=NO. The van der Waals surface area contributed by atoms with Gasteiger partial charge in [-0.2, -0.15) is 0 Å². The Balaban J connectivity index is 2.23. The number of amides is 1. The summed E-state index contributed by atoms with van der Waals surface area (Å²) in [5.41, 5.74) is 6.64. The lowest BCUT2D eigenvalue weighted by atomic mass is 9.93. The molecule has 1 aromatic carbocycles. The molecule has 1 unspecified atom stereocenters. The number of nitrogens with zero attached hydrogens (tertiary/aromatic N) is 2. The van der Waals surface area contributed by atoms with E-state index in [0.717, 1.165) is 11.3 Å². The molecular formula is C15H21N3O3. The molecule has 1 aromatic rings. The van der Waals surface area contributed by atoms with Crippen LogP contribution in [0.15, 0.2) is 29.4 Å². The molecule has 0 bridgehead atoms. The number of rotatable bonds is 3. The maximum atomic E-state index is 12.7. The highest BCUT2D eigenvalue weighted by Gasteiger charge is 2.32. The van der Waals surface area contributed by atoms with Crippen LogP contribution in [0.25, 0.3) is 0 Å². The van der Waals surface area contributed by atoms with Crippen LogP contribution in [0.2, 0.25) is 0 Å². The highest BCUT2D eigenvalue weighted by Crippen LogP contribution is 2.24. The Bertz CT molecular complexity index is 543. The van der Waals surface area contributed by atoms with Gasteiger partial charge in [-0.05, 0) is 12.0 Å². The third-order valence-corrected chi connectivity index (χ3v) is 3.63. The van der Waals surface area contributed by atoms with E-state index >= 15 is 0 Å². The minimum absolute atomic E-state index is 0.0477. The molecule has 1 heterocycles. The van der Waals surface area contributed by atoms with E-state index in [-0.39, 0.29) is 17.7 Å². The summed E-state index contributed by atoms with van der Waals surface area (Å²) in [7, 11) is 0. The summed E-state index contributed by atoms with van der Waals surface area (Å²) in [6.45, 7) is 5.14. The molecule has 0 spiro atoms. The number of fused-ring (bicyclic) bond motifs is 1. The van der Waals surface area contributed by atoms with Crippen molar-refractivity contribution in [3.63, 3.8) is 0 Å². The van der Waals surface area contributed by atoms with E-state index in [4.69, 9.17) is 15.7 Å². The van der Waals surface area contributed by atoms with Crippen molar-refractivity contribution in [1.29, 1.82) is 0 Å². The first-order chi connectivity index (χ1) is 10.0. The van der Waals surface area contributed by atoms with Gasteiger partial charge in [0.25, 0.3) is 0 Å². The number of hydrogen-bond donors (Lipinski definition) is 2. The fourth-order valence-corrected chi connectivity index (χ4v) is 2.53. The number of amidine groups is 1. The molecule has 1 amide bonds. The number of carbonyl (C=O) groups excluding carboxylic acids is 1. The lowest BCUT2D eigenvalue weighted by Crippen LogP contribution is -2.44. The van der Waals surface area contributed by atoms with Gasteiger partial charge in [0.15, 0.2) is 5.84 Å². The highest BCUT2D eigenvalue weighted by molar-refractivity contribution is 6.02. The van der Waals surface area contributed by atoms with E-state index in [0.29, 0.717) is 19.7 Å². The van der Waals surface area contributed by atoms with Crippen LogP contribution in [0.4, 0.5) is 0 Å². The highest BCUT2D eigenvalue weighted by atomic mass is 16.5. The third kappa shape index (κ3) is 3.26. The quantitative estimate of drug-likeness (QED) is 0.381. The largest absolute Gasteiger partial charge is 0.491 e. The molecule has 21 heavy (non-hydrogen) atoms. The van der Waals surface area contributed by atoms with Crippen molar-refractivity contribution >= 4 is 11.7 Å². The van der Waals surface area contributed by atoms with Gasteiger partial charge in [-0.1, -0.05) is 37.2 Å². The molecule has 0 aliphatic carbocycles. The standard InChI is InChI=1S/C15H21N3O3/c1-10(2)13(14(16)17-20)15(19)18-7-8-21-12-6-4-3-5-11(12)9-18/h3-6,10,13,20H,7-9H2,1-2H3,(H2,16,17). The van der Waals surface area contributed by atoms with Crippen LogP contribution in [0, 0.1) is 11.8 Å². The molecule has 0 fully saturated rings. The molecule has 2 rings (SSSR count). The van der Waals surface area contributed by atoms with Crippen LogP contribution in [-0.4, -0.2) is 35.0 Å². The first-order valence-electron chi connectivity index (χ1n) is 7.01. The van der Waals surface area contributed by atoms with Gasteiger partial charge in [-0.25, -0.2) is 0 Å². The van der Waals surface area contributed by atoms with Crippen molar-refractivity contribution in [1.82, 2.24) is 4.90 Å². The fourth-order valence-electron chi connectivity index (χ4n) is 2.53. The second-order valence-corrected chi connectivity index (χ2v) is 5.46. The minimum Gasteiger partial charge on any atom is -0.491 e. The van der Waals surface area contributed by atoms with Gasteiger partial charge in [0.1, 0.15) is 18.3 Å². The Hall–Kier alpha value is -2.24. The van der Waals surface area contributed by atoms with Crippen LogP contribution in [0.3, 0.4) is 0 Å². The van der Waals surface area contributed by atoms with Gasteiger partial charge in [0.2, 0.25) is 5.91 Å². The van der Waals surface area contributed by atoms with E-state index in [9.17, 15) is 4.79 Å². The Kier molecular flexibility index (Phi) is 4.67. The molecule has 0 saturated carbocycles. The first kappa shape index (κ1) is 15.2. The summed E-state index contributed by atoms with van der Waals surface area (Å²) >= 11 is 0. The van der Waals surface area contributed by atoms with Crippen molar-refractivity contribution in [2.24, 2.45) is 22.7 Å². The van der Waals surface area contributed by atoms with E-state index in [2.05, 4.69) is 5.16 Å². The second kappa shape index (κ2) is 6.47. The van der Waals surface area contributed by atoms with Crippen LogP contribution < -0.4 is 10.5 Å². The van der Waals surface area contributed by atoms with Crippen LogP contribution in [0.5, 0.6) is 5.75 Å². The summed E-state index contributed by atoms with van der Waals surface area (Å²) in [5, 5.41) is 11.9. The fraction of sp³-hybridized carbons (Fsp3) is 0.467. The normalized spacial score (nSPS) is 16.9. The maximum absolute atomic E-state index is 12.7. The zero-order valence-electron chi connectivity index (χ0n) is 12.3. The number of carbonyl (C=O) groups is 1. The van der Waals surface area contributed by atoms with Crippen LogP contribution >= 0.6 is 0 Å². The van der Waals surface area contributed by atoms with Crippen LogP contribution in [-0.2, 0) is 11.3 Å². The van der Waals surface area contributed by atoms with Crippen molar-refractivity contribution in [2.75, 3.05) is 13.2 Å². The first-order valence-corrected chi connectivity index (χ1v) is 7.01. The Morgan fingerprint density at radius 1 is 1.43 bits per heavy atom. The third-order valence-electron chi connectivity index (χ3n) is 3.63. The molecule has 0 saturated heterocycles. The predicted octanol–water partition coefficient (Wildman–Crippen LogP) is 1.43. The summed E-state index contributed by atoms with van der Waals surface area (Å²) in [6.07, 6.45) is 0. The molecular weight excluding hydrogens is 270 g/mol. The van der Waals surface area contributed by atoms with Gasteiger partial charge in [0.05, 0.1) is 6.54 Å². The lowest BCUT2D eigenvalue weighted by Gasteiger charge is -2.27. The minimum atomic E-state index is -0.625. The molecule has 6 heteroatoms. The van der Waals surface area contributed by atoms with E-state index in [1.54, 1.807) is 4.90 Å². The molecule has 0 aromatic heterocycles. The Morgan fingerprint density at radius 3 is 2.81 bits per heavy atom. The van der Waals surface area contributed by atoms with Crippen molar-refractivity contribution in [2.45, 2.75) is 20.4 Å². The molecule has 1 atom stereocenters. The van der Waals surface area contributed by atoms with E-state index in [1.807, 2.05) is 38.1 Å². The van der Waals surface area contributed by atoms with E-state index in [1.165, 1.54) is 0 Å². The van der Waals surface area contributed by atoms with Gasteiger partial charge in [-0.3, -0.25) is 4.79 Å². The Labute approximate surface area is 124 Å². The van der Waals surface area contributed by atoms with Crippen molar-refractivity contribution in [3.05, 3.63) is 29.8 Å². The number of nitrogens with two attached hydrogens (primary N) is 1. The molecule has 114 valence electrons. The summed E-state index contributed by atoms with van der Waals surface area (Å²) in [6, 6.07) is 7.66. The lowest BCUT2D eigenvalue weighted by molar-refractivity contribution is -0.135. The van der Waals surface area contributed by atoms with Gasteiger partial charge in [-0.15, -0.1) is 0 Å². The summed E-state index contributed by atoms with van der Waals surface area (Å²) < 4.78 is 5.65. The monoisotopic (exact) mass is 291 g/mol. The van der Waals surface area contributed by atoms with Crippen molar-refractivity contribution in [3.8, 4) is 5.75 Å². The molecule has 1 aliphatic heterocycles. The topological polar surface area (TPSA) is 88.2 Å². The number of para-hydroxylation sites is 1. The Morgan fingerprint density at radius 2 is 2.14 bits per heavy atom. The molecule has 0 radical (unpaired) electrons. The summed E-state index contributed by atoms with van der Waals surface area (Å²) in [5.74, 6) is -0.0557. The molecule has 6 nitrogen and oxygen atoms in total. The number of ether oxygens (including phenoxy) is 1.